The summed E-state index contributed by atoms with van der Waals surface area (Å²) >= 11 is 2.62. The van der Waals surface area contributed by atoms with Gasteiger partial charge in [0, 0.05) is 29.7 Å². The maximum Gasteiger partial charge on any atom is 0.335 e. The number of thiazole rings is 2. The monoisotopic (exact) mass is 468 g/mol. The number of carbonyl (C=O) groups excluding carboxylic acids is 2. The number of aromatic nitrogens is 2. The van der Waals surface area contributed by atoms with Crippen LogP contribution >= 0.6 is 22.7 Å². The van der Waals surface area contributed by atoms with Crippen LogP contribution in [0.2, 0.25) is 0 Å². The summed E-state index contributed by atoms with van der Waals surface area (Å²) in [5, 5.41) is 10.7. The van der Waals surface area contributed by atoms with E-state index >= 15 is 0 Å². The average Bonchev–Trinajstić information content (AvgIpc) is 3.41. The van der Waals surface area contributed by atoms with Crippen LogP contribution in [0.4, 0.5) is 21.4 Å². The van der Waals surface area contributed by atoms with Gasteiger partial charge in [-0.3, -0.25) is 10.1 Å². The predicted octanol–water partition coefficient (Wildman–Crippen LogP) is 3.47. The Kier molecular flexibility index (Phi) is 5.96. The Morgan fingerprint density at radius 3 is 2.72 bits per heavy atom. The van der Waals surface area contributed by atoms with Gasteiger partial charge in [-0.1, -0.05) is 23.5 Å². The van der Waals surface area contributed by atoms with E-state index in [1.807, 2.05) is 11.4 Å². The number of nitrogens with one attached hydrogen (secondary N) is 3. The SMILES string of the molecule is CNC(=O)Nc1nc(N)c(-c2nc(-c3cccc(NC(=O)c4ccc(=O)oc4)c3)cs2)s1. The Labute approximate surface area is 189 Å². The molecule has 4 aromatic rings. The summed E-state index contributed by atoms with van der Waals surface area (Å²) in [5.74, 6) is -0.128. The molecule has 0 saturated carbocycles. The number of benzene rings is 1. The number of anilines is 3. The van der Waals surface area contributed by atoms with Crippen molar-refractivity contribution in [1.82, 2.24) is 15.3 Å². The molecule has 0 fully saturated rings. The molecular formula is C20H16N6O4S2. The van der Waals surface area contributed by atoms with E-state index < -0.39 is 11.5 Å². The van der Waals surface area contributed by atoms with Crippen molar-refractivity contribution in [1.29, 1.82) is 0 Å². The van der Waals surface area contributed by atoms with Gasteiger partial charge in [0.25, 0.3) is 5.91 Å². The molecule has 0 aliphatic rings. The minimum atomic E-state index is -0.527. The second kappa shape index (κ2) is 8.99. The number of hydrogen-bond acceptors (Lipinski definition) is 9. The second-order valence-corrected chi connectivity index (χ2v) is 8.21. The van der Waals surface area contributed by atoms with Gasteiger partial charge in [-0.2, -0.15) is 0 Å². The van der Waals surface area contributed by atoms with E-state index in [-0.39, 0.29) is 17.4 Å². The van der Waals surface area contributed by atoms with Crippen LogP contribution in [0.1, 0.15) is 10.4 Å². The Morgan fingerprint density at radius 2 is 1.97 bits per heavy atom. The van der Waals surface area contributed by atoms with Gasteiger partial charge >= 0.3 is 11.7 Å². The third kappa shape index (κ3) is 4.66. The predicted molar refractivity (Wildman–Crippen MR) is 124 cm³/mol. The minimum absolute atomic E-state index is 0.229. The number of hydrogen-bond donors (Lipinski definition) is 4. The maximum atomic E-state index is 12.4. The number of nitrogens with zero attached hydrogens (tertiary/aromatic N) is 2. The van der Waals surface area contributed by atoms with Crippen molar-refractivity contribution in [3.8, 4) is 21.1 Å². The van der Waals surface area contributed by atoms with E-state index in [1.54, 1.807) is 18.2 Å². The Bertz CT molecular complexity index is 1340. The lowest BCUT2D eigenvalue weighted by Gasteiger charge is -2.06. The normalized spacial score (nSPS) is 10.5. The number of nitrogens with two attached hydrogens (primary N) is 1. The molecular weight excluding hydrogens is 452 g/mol. The summed E-state index contributed by atoms with van der Waals surface area (Å²) < 4.78 is 4.73. The van der Waals surface area contributed by atoms with Gasteiger partial charge in [-0.15, -0.1) is 11.3 Å². The van der Waals surface area contributed by atoms with Gasteiger partial charge in [-0.25, -0.2) is 19.6 Å². The highest BCUT2D eigenvalue weighted by atomic mass is 32.1. The molecule has 3 heterocycles. The lowest BCUT2D eigenvalue weighted by molar-refractivity contribution is 0.102. The summed E-state index contributed by atoms with van der Waals surface area (Å²) in [6.07, 6.45) is 1.11. The van der Waals surface area contributed by atoms with E-state index in [4.69, 9.17) is 10.2 Å². The molecule has 0 unspecified atom stereocenters. The zero-order valence-electron chi connectivity index (χ0n) is 16.5. The molecule has 5 N–H and O–H groups in total. The molecule has 0 aliphatic heterocycles. The molecule has 0 saturated heterocycles. The summed E-state index contributed by atoms with van der Waals surface area (Å²) in [7, 11) is 1.51. The molecule has 162 valence electrons. The van der Waals surface area contributed by atoms with Crippen molar-refractivity contribution < 1.29 is 14.0 Å². The molecule has 10 nitrogen and oxygen atoms in total. The van der Waals surface area contributed by atoms with Crippen LogP contribution in [0.25, 0.3) is 21.1 Å². The number of amides is 3. The fourth-order valence-electron chi connectivity index (χ4n) is 2.66. The molecule has 1 aromatic carbocycles. The molecule has 0 aliphatic carbocycles. The number of carbonyl (C=O) groups is 2. The molecule has 0 atom stereocenters. The number of rotatable bonds is 5. The Balaban J connectivity index is 1.53. The van der Waals surface area contributed by atoms with E-state index in [0.717, 1.165) is 11.8 Å². The van der Waals surface area contributed by atoms with E-state index in [9.17, 15) is 14.4 Å². The van der Waals surface area contributed by atoms with Gasteiger partial charge in [0.05, 0.1) is 11.3 Å². The smallest absolute Gasteiger partial charge is 0.335 e. The standard InChI is InChI=1S/C20H16N6O4S2/c1-22-19(29)26-20-25-16(21)15(32-20)18-24-13(9-31-18)10-3-2-4-12(7-10)23-17(28)11-5-6-14(27)30-8-11/h2-9H,21H2,1H3,(H,23,28)(H2,22,25,26,29). The Hall–Kier alpha value is -4.03. The third-order valence-corrected chi connectivity index (χ3v) is 6.16. The third-order valence-electron chi connectivity index (χ3n) is 4.18. The molecule has 4 rings (SSSR count). The molecule has 0 bridgehead atoms. The molecule has 0 spiro atoms. The lowest BCUT2D eigenvalue weighted by atomic mass is 10.1. The van der Waals surface area contributed by atoms with Crippen LogP contribution in [-0.4, -0.2) is 29.0 Å². The summed E-state index contributed by atoms with van der Waals surface area (Å²) in [6, 6.07) is 9.37. The van der Waals surface area contributed by atoms with Crippen LogP contribution in [0.15, 0.2) is 57.3 Å². The van der Waals surface area contributed by atoms with Crippen LogP contribution in [0, 0.1) is 0 Å². The van der Waals surface area contributed by atoms with Crippen LogP contribution < -0.4 is 27.3 Å². The molecule has 32 heavy (non-hydrogen) atoms. The summed E-state index contributed by atoms with van der Waals surface area (Å²) in [4.78, 5) is 44.3. The fraction of sp³-hybridized carbons (Fsp3) is 0.0500. The van der Waals surface area contributed by atoms with Gasteiger partial charge in [0.2, 0.25) is 0 Å². The van der Waals surface area contributed by atoms with Gasteiger partial charge in [-0.05, 0) is 18.2 Å². The molecule has 12 heteroatoms. The van der Waals surface area contributed by atoms with Crippen molar-refractivity contribution in [2.75, 3.05) is 23.4 Å². The number of urea groups is 1. The highest BCUT2D eigenvalue weighted by Crippen LogP contribution is 2.38. The first kappa shape index (κ1) is 21.2. The van der Waals surface area contributed by atoms with Crippen LogP contribution in [0.3, 0.4) is 0 Å². The van der Waals surface area contributed by atoms with Crippen molar-refractivity contribution >= 4 is 51.2 Å². The highest BCUT2D eigenvalue weighted by molar-refractivity contribution is 7.23. The Morgan fingerprint density at radius 1 is 1.12 bits per heavy atom. The number of nitrogen functional groups attached to an aromatic ring is 1. The van der Waals surface area contributed by atoms with E-state index in [0.29, 0.717) is 26.4 Å². The van der Waals surface area contributed by atoms with Crippen molar-refractivity contribution in [3.05, 3.63) is 64.0 Å². The maximum absolute atomic E-state index is 12.4. The van der Waals surface area contributed by atoms with Gasteiger partial charge < -0.3 is 20.8 Å². The highest BCUT2D eigenvalue weighted by Gasteiger charge is 2.16. The minimum Gasteiger partial charge on any atom is -0.430 e. The molecule has 3 amide bonds. The van der Waals surface area contributed by atoms with Crippen molar-refractivity contribution in [2.24, 2.45) is 0 Å². The fourth-order valence-corrected chi connectivity index (χ4v) is 4.46. The van der Waals surface area contributed by atoms with Crippen molar-refractivity contribution in [2.45, 2.75) is 0 Å². The lowest BCUT2D eigenvalue weighted by Crippen LogP contribution is -2.24. The first-order valence-corrected chi connectivity index (χ1v) is 10.8. The van der Waals surface area contributed by atoms with E-state index in [1.165, 1.54) is 41.9 Å². The van der Waals surface area contributed by atoms with Crippen molar-refractivity contribution in [3.63, 3.8) is 0 Å². The van der Waals surface area contributed by atoms with Crippen LogP contribution in [-0.2, 0) is 0 Å². The second-order valence-electron chi connectivity index (χ2n) is 6.35. The zero-order chi connectivity index (χ0) is 22.7. The molecule has 3 aromatic heterocycles. The quantitative estimate of drug-likeness (QED) is 0.350. The first-order valence-electron chi connectivity index (χ1n) is 9.14. The van der Waals surface area contributed by atoms with Crippen LogP contribution in [0.5, 0.6) is 0 Å². The summed E-state index contributed by atoms with van der Waals surface area (Å²) in [6.45, 7) is 0. The largest absolute Gasteiger partial charge is 0.430 e. The van der Waals surface area contributed by atoms with Gasteiger partial charge in [0.15, 0.2) is 5.13 Å². The van der Waals surface area contributed by atoms with Gasteiger partial charge in [0.1, 0.15) is 22.0 Å². The van der Waals surface area contributed by atoms with E-state index in [2.05, 4.69) is 25.9 Å². The average molecular weight is 469 g/mol. The topological polar surface area (TPSA) is 152 Å². The zero-order valence-corrected chi connectivity index (χ0v) is 18.2. The first-order chi connectivity index (χ1) is 15.4. The summed E-state index contributed by atoms with van der Waals surface area (Å²) in [5.41, 5.74) is 7.75. The molecule has 0 radical (unpaired) electrons.